The van der Waals surface area contributed by atoms with Crippen LogP contribution in [0.1, 0.15) is 0 Å². The first kappa shape index (κ1) is 181. The van der Waals surface area contributed by atoms with Gasteiger partial charge in [0.05, 0.1) is 0 Å². The molecule has 0 aliphatic carbocycles. The van der Waals surface area contributed by atoms with Crippen LogP contribution >= 0.6 is 0 Å². The van der Waals surface area contributed by atoms with E-state index in [1.165, 1.54) is 0 Å². The Hall–Kier alpha value is 3.36. The van der Waals surface area contributed by atoms with Gasteiger partial charge in [0.2, 0.25) is 0 Å². The first-order valence-corrected chi connectivity index (χ1v) is 0. The van der Waals surface area contributed by atoms with Gasteiger partial charge in [-0.1, -0.05) is 0 Å². The summed E-state index contributed by atoms with van der Waals surface area (Å²) < 4.78 is 0. The zero-order valence-electron chi connectivity index (χ0n) is 4.04. The number of hydrogen-bond donors (Lipinski definition) is 0. The molecule has 3 nitrogen and oxygen atoms in total. The summed E-state index contributed by atoms with van der Waals surface area (Å²) in [6.45, 7) is 0. The Morgan fingerprint density at radius 3 is 0.400 bits per heavy atom. The minimum Gasteiger partial charge on any atom is -3.00 e. The van der Waals surface area contributed by atoms with E-state index in [4.69, 9.17) is 0 Å². The topological polar surface area (TPSA) is 91.5 Å². The molecular formula is H12AlMg3N3Si3. The maximum atomic E-state index is 0. The third-order valence-electron chi connectivity index (χ3n) is 0. The molecule has 0 atom stereocenters. The summed E-state index contributed by atoms with van der Waals surface area (Å²) in [5.74, 6) is 0. The molecule has 0 bridgehead atoms. The second-order valence-corrected chi connectivity index (χ2v) is 0. The molecule has 48 valence electrons. The summed E-state index contributed by atoms with van der Waals surface area (Å²) in [7, 11) is 0. The second kappa shape index (κ2) is 141. The molecule has 0 aromatic carbocycles. The standard InChI is InChI=1S/Al.3Mg.3N.3H4Si/h;;;;;;;3*1H4/q+3;3*+2;3*-3;;;. The molecule has 0 heterocycles. The fraction of sp³-hybridized carbons (Fsp3) is 0. The molecule has 0 radical (unpaired) electrons. The molecule has 0 saturated heterocycles. The van der Waals surface area contributed by atoms with Gasteiger partial charge < -0.3 is 18.5 Å². The molecule has 0 spiro atoms. The minimum atomic E-state index is 0. The molecule has 0 saturated carbocycles. The number of rotatable bonds is 0. The van der Waals surface area contributed by atoms with Gasteiger partial charge in [-0.15, -0.1) is 0 Å². The molecule has 0 aromatic heterocycles. The summed E-state index contributed by atoms with van der Waals surface area (Å²) in [6, 6.07) is 0. The molecule has 0 aromatic rings. The third kappa shape index (κ3) is 108. The van der Waals surface area contributed by atoms with Crippen molar-refractivity contribution >= 4 is 119 Å². The fourth-order valence-electron chi connectivity index (χ4n) is 0. The van der Waals surface area contributed by atoms with E-state index in [2.05, 4.69) is 0 Å². The van der Waals surface area contributed by atoms with Crippen molar-refractivity contribution in [1.82, 2.24) is 0 Å². The van der Waals surface area contributed by atoms with Crippen LogP contribution in [0.4, 0.5) is 0 Å². The summed E-state index contributed by atoms with van der Waals surface area (Å²) >= 11 is 0. The largest absolute Gasteiger partial charge is 3.00 e. The average molecular weight is 238 g/mol. The van der Waals surface area contributed by atoms with Crippen molar-refractivity contribution in [2.45, 2.75) is 0 Å². The molecule has 10 heteroatoms. The Morgan fingerprint density at radius 1 is 0.400 bits per heavy atom. The van der Waals surface area contributed by atoms with Crippen LogP contribution in [0.3, 0.4) is 0 Å². The van der Waals surface area contributed by atoms with E-state index in [-0.39, 0.29) is 138 Å². The Morgan fingerprint density at radius 2 is 0.400 bits per heavy atom. The smallest absolute Gasteiger partial charge is 3.00 e. The number of hydrogen-bond acceptors (Lipinski definition) is 0. The fourth-order valence-corrected chi connectivity index (χ4v) is 0. The van der Waals surface area contributed by atoms with Gasteiger partial charge in [-0.25, -0.2) is 0 Å². The predicted molar refractivity (Wildman–Crippen MR) is 67.1 cm³/mol. The van der Waals surface area contributed by atoms with Crippen LogP contribution in [0.5, 0.6) is 0 Å². The van der Waals surface area contributed by atoms with Crippen molar-refractivity contribution in [3.8, 4) is 0 Å². The van der Waals surface area contributed by atoms with Gasteiger partial charge in [0.25, 0.3) is 0 Å². The molecule has 0 amide bonds. The van der Waals surface area contributed by atoms with E-state index in [1.54, 1.807) is 0 Å². The van der Waals surface area contributed by atoms with Gasteiger partial charge in [-0.05, 0) is 32.9 Å². The maximum Gasteiger partial charge on any atom is 3.00 e. The summed E-state index contributed by atoms with van der Waals surface area (Å²) in [5.41, 5.74) is 0. The molecule has 10 heavy (non-hydrogen) atoms. The summed E-state index contributed by atoms with van der Waals surface area (Å²) in [4.78, 5) is 0. The van der Waals surface area contributed by atoms with E-state index < -0.39 is 0 Å². The Bertz CT molecular complexity index is 19.0. The molecule has 0 fully saturated rings. The zero-order chi connectivity index (χ0) is 0. The second-order valence-electron chi connectivity index (χ2n) is 0. The van der Waals surface area contributed by atoms with E-state index in [9.17, 15) is 0 Å². The molecular weight excluding hydrogens is 226 g/mol. The van der Waals surface area contributed by atoms with E-state index in [0.29, 0.717) is 0 Å². The quantitative estimate of drug-likeness (QED) is 0.378. The van der Waals surface area contributed by atoms with Gasteiger partial charge in [0.1, 0.15) is 0 Å². The average Bonchev–Trinajstić information content (AvgIpc) is 0. The van der Waals surface area contributed by atoms with Gasteiger partial charge in [-0.3, -0.25) is 0 Å². The van der Waals surface area contributed by atoms with Crippen molar-refractivity contribution in [2.75, 3.05) is 0 Å². The van der Waals surface area contributed by atoms with Crippen LogP contribution in [-0.4, -0.2) is 119 Å². The maximum absolute atomic E-state index is 0. The van der Waals surface area contributed by atoms with Gasteiger partial charge in [0.15, 0.2) is 0 Å². The Balaban J connectivity index is 0. The molecule has 0 unspecified atom stereocenters. The Kier molecular flexibility index (Phi) is 2550. The Labute approximate surface area is 136 Å². The van der Waals surface area contributed by atoms with Crippen LogP contribution in [0.15, 0.2) is 0 Å². The van der Waals surface area contributed by atoms with Crippen LogP contribution < -0.4 is 0 Å². The molecule has 0 aliphatic rings. The van der Waals surface area contributed by atoms with Crippen molar-refractivity contribution in [1.29, 1.82) is 0 Å². The molecule has 0 N–H and O–H groups in total. The van der Waals surface area contributed by atoms with Crippen molar-refractivity contribution in [3.05, 3.63) is 18.5 Å². The van der Waals surface area contributed by atoms with Crippen LogP contribution in [0, 0.1) is 0 Å². The monoisotopic (exact) mass is 237 g/mol. The summed E-state index contributed by atoms with van der Waals surface area (Å²) in [5, 5.41) is 0. The van der Waals surface area contributed by atoms with Crippen molar-refractivity contribution in [2.24, 2.45) is 0 Å². The zero-order valence-corrected chi connectivity index (χ0v) is 9.44. The summed E-state index contributed by atoms with van der Waals surface area (Å²) in [6.07, 6.45) is 0. The minimum absolute atomic E-state index is 0. The molecule has 0 aliphatic heterocycles. The molecule has 0 rings (SSSR count). The van der Waals surface area contributed by atoms with Crippen molar-refractivity contribution < 1.29 is 0 Å². The van der Waals surface area contributed by atoms with Crippen molar-refractivity contribution in [3.63, 3.8) is 0 Å². The van der Waals surface area contributed by atoms with E-state index >= 15 is 0 Å². The SMILES string of the molecule is [Al+3].[Mg+2].[Mg+2].[Mg+2].[N-3].[N-3].[N-3].[SiH4].[SiH4].[SiH4]. The van der Waals surface area contributed by atoms with Crippen LogP contribution in [0.2, 0.25) is 0 Å². The normalized spacial score (nSPS) is 0. The van der Waals surface area contributed by atoms with Gasteiger partial charge in [-0.2, -0.15) is 0 Å². The first-order valence-electron chi connectivity index (χ1n) is 0. The predicted octanol–water partition coefficient (Wildman–Crippen LogP) is -5.01. The van der Waals surface area contributed by atoms with Crippen LogP contribution in [-0.2, 0) is 0 Å². The third-order valence-corrected chi connectivity index (χ3v) is 0. The van der Waals surface area contributed by atoms with Crippen LogP contribution in [0.25, 0.3) is 18.5 Å². The number of nitrogens with zero attached hydrogens (tertiary/aromatic N) is 3. The van der Waals surface area contributed by atoms with Gasteiger partial charge in [0, 0.05) is 0 Å². The van der Waals surface area contributed by atoms with E-state index in [0.717, 1.165) is 0 Å². The first-order chi connectivity index (χ1) is 0. The van der Waals surface area contributed by atoms with Gasteiger partial charge >= 0.3 is 86.5 Å². The van der Waals surface area contributed by atoms with E-state index in [1.807, 2.05) is 0 Å².